The largest absolute Gasteiger partial charge is 0.481 e. The van der Waals surface area contributed by atoms with Crippen LogP contribution in [0.25, 0.3) is 0 Å². The predicted octanol–water partition coefficient (Wildman–Crippen LogP) is 1.79. The van der Waals surface area contributed by atoms with Gasteiger partial charge in [0.1, 0.15) is 0 Å². The molecular formula is C9H18O3S. The fourth-order valence-electron chi connectivity index (χ4n) is 0.816. The molecule has 0 fully saturated rings. The van der Waals surface area contributed by atoms with Crippen LogP contribution in [0.3, 0.4) is 0 Å². The SMILES string of the molecule is CC(C)(C)S(=O)CCCCC(=O)O. The first kappa shape index (κ1) is 12.6. The lowest BCUT2D eigenvalue weighted by Gasteiger charge is -2.17. The van der Waals surface area contributed by atoms with Crippen LogP contribution in [0.15, 0.2) is 0 Å². The van der Waals surface area contributed by atoms with Gasteiger partial charge in [0.15, 0.2) is 0 Å². The quantitative estimate of drug-likeness (QED) is 0.698. The summed E-state index contributed by atoms with van der Waals surface area (Å²) >= 11 is 0. The maximum Gasteiger partial charge on any atom is 0.303 e. The highest BCUT2D eigenvalue weighted by Gasteiger charge is 2.18. The van der Waals surface area contributed by atoms with E-state index >= 15 is 0 Å². The number of carboxylic acid groups (broad SMARTS) is 1. The number of aliphatic carboxylic acids is 1. The molecule has 0 radical (unpaired) electrons. The van der Waals surface area contributed by atoms with Gasteiger partial charge < -0.3 is 5.11 Å². The highest BCUT2D eigenvalue weighted by atomic mass is 32.2. The normalized spacial score (nSPS) is 14.1. The molecule has 0 aromatic carbocycles. The molecule has 0 saturated carbocycles. The Morgan fingerprint density at radius 3 is 2.23 bits per heavy atom. The molecule has 0 amide bonds. The molecular weight excluding hydrogens is 188 g/mol. The van der Waals surface area contributed by atoms with Crippen molar-refractivity contribution in [3.63, 3.8) is 0 Å². The van der Waals surface area contributed by atoms with E-state index in [9.17, 15) is 9.00 Å². The second-order valence-corrected chi connectivity index (χ2v) is 6.34. The maximum absolute atomic E-state index is 11.5. The van der Waals surface area contributed by atoms with E-state index in [1.165, 1.54) is 0 Å². The van der Waals surface area contributed by atoms with Crippen molar-refractivity contribution < 1.29 is 14.1 Å². The van der Waals surface area contributed by atoms with Crippen molar-refractivity contribution in [3.05, 3.63) is 0 Å². The average Bonchev–Trinajstić information content (AvgIpc) is 1.95. The van der Waals surface area contributed by atoms with Gasteiger partial charge in [0.25, 0.3) is 0 Å². The van der Waals surface area contributed by atoms with Gasteiger partial charge in [0.2, 0.25) is 0 Å². The third-order valence-corrected chi connectivity index (χ3v) is 3.68. The van der Waals surface area contributed by atoms with Crippen molar-refractivity contribution in [2.45, 2.75) is 44.8 Å². The molecule has 0 spiro atoms. The molecule has 1 atom stereocenters. The maximum atomic E-state index is 11.5. The Hall–Kier alpha value is -0.380. The monoisotopic (exact) mass is 206 g/mol. The van der Waals surface area contributed by atoms with E-state index in [-0.39, 0.29) is 11.2 Å². The summed E-state index contributed by atoms with van der Waals surface area (Å²) in [6, 6.07) is 0. The molecule has 1 unspecified atom stereocenters. The summed E-state index contributed by atoms with van der Waals surface area (Å²) in [5.74, 6) is -0.168. The lowest BCUT2D eigenvalue weighted by atomic mass is 10.2. The minimum atomic E-state index is -0.845. The van der Waals surface area contributed by atoms with Crippen LogP contribution in [0.5, 0.6) is 0 Å². The number of rotatable bonds is 5. The topological polar surface area (TPSA) is 54.4 Å². The minimum Gasteiger partial charge on any atom is -0.481 e. The Bertz CT molecular complexity index is 194. The van der Waals surface area contributed by atoms with Crippen LogP contribution < -0.4 is 0 Å². The summed E-state index contributed by atoms with van der Waals surface area (Å²) in [6.45, 7) is 5.79. The van der Waals surface area contributed by atoms with Crippen molar-refractivity contribution in [3.8, 4) is 0 Å². The first-order valence-corrected chi connectivity index (χ1v) is 5.76. The van der Waals surface area contributed by atoms with Crippen LogP contribution in [-0.2, 0) is 15.6 Å². The van der Waals surface area contributed by atoms with Crippen molar-refractivity contribution in [2.24, 2.45) is 0 Å². The summed E-state index contributed by atoms with van der Waals surface area (Å²) in [5, 5.41) is 8.36. The third kappa shape index (κ3) is 6.75. The van der Waals surface area contributed by atoms with Crippen molar-refractivity contribution >= 4 is 16.8 Å². The van der Waals surface area contributed by atoms with Crippen LogP contribution in [0.4, 0.5) is 0 Å². The van der Waals surface area contributed by atoms with Crippen LogP contribution in [0.1, 0.15) is 40.0 Å². The van der Waals surface area contributed by atoms with E-state index in [4.69, 9.17) is 5.11 Å². The Morgan fingerprint density at radius 2 is 1.85 bits per heavy atom. The molecule has 13 heavy (non-hydrogen) atoms. The van der Waals surface area contributed by atoms with E-state index < -0.39 is 16.8 Å². The zero-order valence-corrected chi connectivity index (χ0v) is 9.32. The number of carboxylic acids is 1. The van der Waals surface area contributed by atoms with Gasteiger partial charge in [-0.3, -0.25) is 9.00 Å². The average molecular weight is 206 g/mol. The van der Waals surface area contributed by atoms with E-state index in [1.807, 2.05) is 20.8 Å². The van der Waals surface area contributed by atoms with Crippen LogP contribution in [0.2, 0.25) is 0 Å². The highest BCUT2D eigenvalue weighted by Crippen LogP contribution is 2.13. The highest BCUT2D eigenvalue weighted by molar-refractivity contribution is 7.86. The zero-order valence-electron chi connectivity index (χ0n) is 8.50. The molecule has 0 aliphatic carbocycles. The Labute approximate surface area is 82.0 Å². The minimum absolute atomic E-state index is 0.177. The lowest BCUT2D eigenvalue weighted by molar-refractivity contribution is -0.137. The summed E-state index contributed by atoms with van der Waals surface area (Å²) in [4.78, 5) is 10.2. The first-order valence-electron chi connectivity index (χ1n) is 4.44. The van der Waals surface area contributed by atoms with Gasteiger partial charge in [-0.25, -0.2) is 0 Å². The second-order valence-electron chi connectivity index (χ2n) is 4.01. The Balaban J connectivity index is 3.55. The van der Waals surface area contributed by atoms with Gasteiger partial charge in [0, 0.05) is 27.7 Å². The van der Waals surface area contributed by atoms with Crippen molar-refractivity contribution in [1.29, 1.82) is 0 Å². The third-order valence-electron chi connectivity index (χ3n) is 1.65. The van der Waals surface area contributed by atoms with E-state index in [0.29, 0.717) is 12.2 Å². The van der Waals surface area contributed by atoms with E-state index in [2.05, 4.69) is 0 Å². The molecule has 0 aromatic rings. The van der Waals surface area contributed by atoms with Gasteiger partial charge in [-0.15, -0.1) is 0 Å². The van der Waals surface area contributed by atoms with Crippen LogP contribution in [0, 0.1) is 0 Å². The number of hydrogen-bond donors (Lipinski definition) is 1. The Kier molecular flexibility index (Phi) is 5.21. The van der Waals surface area contributed by atoms with E-state index in [1.54, 1.807) is 0 Å². The van der Waals surface area contributed by atoms with Crippen LogP contribution >= 0.6 is 0 Å². The number of unbranched alkanes of at least 4 members (excludes halogenated alkanes) is 1. The summed E-state index contributed by atoms with van der Waals surface area (Å²) < 4.78 is 11.3. The van der Waals surface area contributed by atoms with E-state index in [0.717, 1.165) is 6.42 Å². The van der Waals surface area contributed by atoms with Gasteiger partial charge in [-0.2, -0.15) is 0 Å². The number of carbonyl (C=O) groups is 1. The second kappa shape index (κ2) is 5.37. The number of hydrogen-bond acceptors (Lipinski definition) is 2. The zero-order chi connectivity index (χ0) is 10.5. The Morgan fingerprint density at radius 1 is 1.31 bits per heavy atom. The van der Waals surface area contributed by atoms with Gasteiger partial charge in [-0.05, 0) is 33.6 Å². The standard InChI is InChI=1S/C9H18O3S/c1-9(2,3)13(12)7-5-4-6-8(10)11/h4-7H2,1-3H3,(H,10,11). The predicted molar refractivity (Wildman–Crippen MR) is 54.2 cm³/mol. The fraction of sp³-hybridized carbons (Fsp3) is 0.889. The first-order chi connectivity index (χ1) is 5.84. The van der Waals surface area contributed by atoms with Gasteiger partial charge in [0.05, 0.1) is 0 Å². The molecule has 78 valence electrons. The van der Waals surface area contributed by atoms with Crippen molar-refractivity contribution in [1.82, 2.24) is 0 Å². The van der Waals surface area contributed by atoms with Gasteiger partial charge in [-0.1, -0.05) is 0 Å². The lowest BCUT2D eigenvalue weighted by Crippen LogP contribution is -2.24. The molecule has 1 N–H and O–H groups in total. The van der Waals surface area contributed by atoms with Gasteiger partial charge >= 0.3 is 5.97 Å². The molecule has 0 rings (SSSR count). The molecule has 0 heterocycles. The summed E-state index contributed by atoms with van der Waals surface area (Å²) in [7, 11) is -0.845. The molecule has 0 aliphatic heterocycles. The fourth-order valence-corrected chi connectivity index (χ4v) is 1.89. The summed E-state index contributed by atoms with van der Waals surface area (Å²) in [6.07, 6.45) is 1.54. The van der Waals surface area contributed by atoms with Crippen molar-refractivity contribution in [2.75, 3.05) is 5.75 Å². The smallest absolute Gasteiger partial charge is 0.303 e. The molecule has 3 nitrogen and oxygen atoms in total. The molecule has 0 saturated heterocycles. The molecule has 4 heteroatoms. The van der Waals surface area contributed by atoms with Crippen LogP contribution in [-0.4, -0.2) is 25.8 Å². The summed E-state index contributed by atoms with van der Waals surface area (Å²) in [5.41, 5.74) is 0. The molecule has 0 bridgehead atoms. The molecule has 0 aromatic heterocycles. The molecule has 0 aliphatic rings.